The number of hydrogen-bond acceptors (Lipinski definition) is 6. The minimum Gasteiger partial charge on any atom is -0.483 e. The SMILES string of the molecule is Cc1ccc(C)c(NC(=O)COc2ccc(Br)cc2/C=C2\SC(=O)N(CC(N)=O)C2=O)c1. The molecule has 0 atom stereocenters. The van der Waals surface area contributed by atoms with E-state index in [2.05, 4.69) is 21.2 Å². The highest BCUT2D eigenvalue weighted by atomic mass is 79.9. The normalized spacial score (nSPS) is 14.7. The Kier molecular flexibility index (Phi) is 7.37. The molecule has 8 nitrogen and oxygen atoms in total. The molecule has 1 heterocycles. The second-order valence-corrected chi connectivity index (χ2v) is 8.98. The van der Waals surface area contributed by atoms with Crippen LogP contribution in [-0.2, 0) is 14.4 Å². The van der Waals surface area contributed by atoms with E-state index in [9.17, 15) is 19.2 Å². The Labute approximate surface area is 197 Å². The van der Waals surface area contributed by atoms with Gasteiger partial charge in [-0.05, 0) is 67.1 Å². The molecular formula is C22H20BrN3O5S. The fraction of sp³-hybridized carbons (Fsp3) is 0.182. The summed E-state index contributed by atoms with van der Waals surface area (Å²) in [6, 6.07) is 10.8. The van der Waals surface area contributed by atoms with Gasteiger partial charge in [-0.15, -0.1) is 0 Å². The van der Waals surface area contributed by atoms with Crippen LogP contribution < -0.4 is 15.8 Å². The maximum Gasteiger partial charge on any atom is 0.294 e. The molecule has 1 aliphatic heterocycles. The number of amides is 4. The molecule has 4 amide bonds. The maximum absolute atomic E-state index is 12.5. The van der Waals surface area contributed by atoms with Gasteiger partial charge in [0.2, 0.25) is 5.91 Å². The number of primary amides is 1. The number of nitrogens with two attached hydrogens (primary N) is 1. The average Bonchev–Trinajstić information content (AvgIpc) is 2.97. The number of nitrogens with one attached hydrogen (secondary N) is 1. The first-order valence-electron chi connectivity index (χ1n) is 9.47. The molecule has 1 saturated heterocycles. The molecule has 1 fully saturated rings. The lowest BCUT2D eigenvalue weighted by molar-refractivity contribution is -0.127. The number of ether oxygens (including phenoxy) is 1. The first kappa shape index (κ1) is 23.6. The van der Waals surface area contributed by atoms with E-state index < -0.39 is 23.6 Å². The van der Waals surface area contributed by atoms with E-state index in [1.807, 2.05) is 32.0 Å². The summed E-state index contributed by atoms with van der Waals surface area (Å²) in [6.45, 7) is 3.10. The topological polar surface area (TPSA) is 119 Å². The standard InChI is InChI=1S/C22H20BrN3O5S/c1-12-3-4-13(2)16(7-12)25-20(28)11-31-17-6-5-15(23)8-14(17)9-18-21(29)26(10-19(24)27)22(30)32-18/h3-9H,10-11H2,1-2H3,(H2,24,27)(H,25,28)/b18-9-. The number of hydrogen-bond donors (Lipinski definition) is 2. The van der Waals surface area contributed by atoms with Crippen molar-refractivity contribution in [3.63, 3.8) is 0 Å². The molecule has 0 aliphatic carbocycles. The third-order valence-electron chi connectivity index (χ3n) is 4.47. The van der Waals surface area contributed by atoms with E-state index in [1.54, 1.807) is 18.2 Å². The lowest BCUT2D eigenvalue weighted by Gasteiger charge is -2.12. The summed E-state index contributed by atoms with van der Waals surface area (Å²) in [5.41, 5.74) is 8.25. The average molecular weight is 518 g/mol. The molecule has 166 valence electrons. The Hall–Kier alpha value is -3.11. The molecule has 3 rings (SSSR count). The number of anilines is 1. The van der Waals surface area contributed by atoms with Crippen LogP contribution >= 0.6 is 27.7 Å². The number of carbonyl (C=O) groups is 4. The van der Waals surface area contributed by atoms with Crippen molar-refractivity contribution in [1.82, 2.24) is 4.90 Å². The minimum absolute atomic E-state index is 0.124. The summed E-state index contributed by atoms with van der Waals surface area (Å²) >= 11 is 4.06. The highest BCUT2D eigenvalue weighted by Crippen LogP contribution is 2.34. The monoisotopic (exact) mass is 517 g/mol. The largest absolute Gasteiger partial charge is 0.483 e. The second-order valence-electron chi connectivity index (χ2n) is 7.07. The number of rotatable bonds is 7. The van der Waals surface area contributed by atoms with Gasteiger partial charge in [-0.2, -0.15) is 0 Å². The molecule has 2 aromatic carbocycles. The number of imide groups is 1. The van der Waals surface area contributed by atoms with Gasteiger partial charge in [0.05, 0.1) is 4.91 Å². The van der Waals surface area contributed by atoms with Gasteiger partial charge in [0.15, 0.2) is 6.61 Å². The molecule has 3 N–H and O–H groups in total. The Balaban J connectivity index is 1.75. The zero-order valence-electron chi connectivity index (χ0n) is 17.3. The van der Waals surface area contributed by atoms with E-state index in [0.29, 0.717) is 33.2 Å². The van der Waals surface area contributed by atoms with Gasteiger partial charge in [0.1, 0.15) is 12.3 Å². The zero-order chi connectivity index (χ0) is 23.4. The summed E-state index contributed by atoms with van der Waals surface area (Å²) < 4.78 is 6.40. The van der Waals surface area contributed by atoms with Crippen molar-refractivity contribution in [2.24, 2.45) is 5.73 Å². The number of thioether (sulfide) groups is 1. The second kappa shape index (κ2) is 10.0. The van der Waals surface area contributed by atoms with E-state index >= 15 is 0 Å². The molecule has 0 unspecified atom stereocenters. The fourth-order valence-electron chi connectivity index (χ4n) is 2.90. The van der Waals surface area contributed by atoms with Crippen molar-refractivity contribution in [3.8, 4) is 5.75 Å². The van der Waals surface area contributed by atoms with Crippen LogP contribution in [0.1, 0.15) is 16.7 Å². The summed E-state index contributed by atoms with van der Waals surface area (Å²) in [5.74, 6) is -1.38. The third-order valence-corrected chi connectivity index (χ3v) is 5.87. The molecule has 0 radical (unpaired) electrons. The van der Waals surface area contributed by atoms with Crippen LogP contribution in [-0.4, -0.2) is 41.0 Å². The fourth-order valence-corrected chi connectivity index (χ4v) is 4.10. The van der Waals surface area contributed by atoms with Crippen LogP contribution in [0.25, 0.3) is 6.08 Å². The zero-order valence-corrected chi connectivity index (χ0v) is 19.7. The number of carbonyl (C=O) groups excluding carboxylic acids is 4. The smallest absolute Gasteiger partial charge is 0.294 e. The van der Waals surface area contributed by atoms with Gasteiger partial charge in [0, 0.05) is 15.7 Å². The first-order chi connectivity index (χ1) is 15.1. The Morgan fingerprint density at radius 1 is 1.19 bits per heavy atom. The van der Waals surface area contributed by atoms with Crippen molar-refractivity contribution in [1.29, 1.82) is 0 Å². The first-order valence-corrected chi connectivity index (χ1v) is 11.1. The maximum atomic E-state index is 12.5. The van der Waals surface area contributed by atoms with Crippen LogP contribution in [0.15, 0.2) is 45.8 Å². The van der Waals surface area contributed by atoms with Crippen molar-refractivity contribution in [2.75, 3.05) is 18.5 Å². The lowest BCUT2D eigenvalue weighted by atomic mass is 10.1. The van der Waals surface area contributed by atoms with Crippen LogP contribution in [0.2, 0.25) is 0 Å². The molecule has 0 spiro atoms. The minimum atomic E-state index is -0.783. The number of benzene rings is 2. The summed E-state index contributed by atoms with van der Waals surface area (Å²) in [7, 11) is 0. The summed E-state index contributed by atoms with van der Waals surface area (Å²) in [5, 5.41) is 2.24. The Morgan fingerprint density at radius 3 is 2.66 bits per heavy atom. The van der Waals surface area contributed by atoms with Gasteiger partial charge >= 0.3 is 0 Å². The quantitative estimate of drug-likeness (QED) is 0.541. The predicted octanol–water partition coefficient (Wildman–Crippen LogP) is 3.61. The van der Waals surface area contributed by atoms with Gasteiger partial charge in [-0.25, -0.2) is 0 Å². The Bertz CT molecular complexity index is 1150. The molecule has 10 heteroatoms. The molecule has 0 aromatic heterocycles. The predicted molar refractivity (Wildman–Crippen MR) is 126 cm³/mol. The van der Waals surface area contributed by atoms with Crippen molar-refractivity contribution in [3.05, 3.63) is 62.5 Å². The van der Waals surface area contributed by atoms with Crippen LogP contribution in [0.5, 0.6) is 5.75 Å². The van der Waals surface area contributed by atoms with Crippen LogP contribution in [0, 0.1) is 13.8 Å². The Morgan fingerprint density at radius 2 is 1.94 bits per heavy atom. The lowest BCUT2D eigenvalue weighted by Crippen LogP contribution is -2.36. The molecule has 0 saturated carbocycles. The van der Waals surface area contributed by atoms with E-state index in [1.165, 1.54) is 6.08 Å². The van der Waals surface area contributed by atoms with E-state index in [-0.39, 0.29) is 17.4 Å². The van der Waals surface area contributed by atoms with Gasteiger partial charge in [0.25, 0.3) is 17.1 Å². The highest BCUT2D eigenvalue weighted by Gasteiger charge is 2.36. The van der Waals surface area contributed by atoms with Gasteiger partial charge in [-0.1, -0.05) is 28.1 Å². The summed E-state index contributed by atoms with van der Waals surface area (Å²) in [6.07, 6.45) is 1.48. The molecular weight excluding hydrogens is 498 g/mol. The van der Waals surface area contributed by atoms with Crippen molar-refractivity contribution in [2.45, 2.75) is 13.8 Å². The van der Waals surface area contributed by atoms with E-state index in [0.717, 1.165) is 16.0 Å². The molecule has 1 aliphatic rings. The summed E-state index contributed by atoms with van der Waals surface area (Å²) in [4.78, 5) is 48.9. The molecule has 0 bridgehead atoms. The number of aryl methyl sites for hydroxylation is 2. The number of halogens is 1. The van der Waals surface area contributed by atoms with Crippen molar-refractivity contribution < 1.29 is 23.9 Å². The highest BCUT2D eigenvalue weighted by molar-refractivity contribution is 9.10. The van der Waals surface area contributed by atoms with Gasteiger partial charge < -0.3 is 15.8 Å². The third kappa shape index (κ3) is 5.77. The van der Waals surface area contributed by atoms with Crippen LogP contribution in [0.3, 0.4) is 0 Å². The van der Waals surface area contributed by atoms with Crippen LogP contribution in [0.4, 0.5) is 10.5 Å². The van der Waals surface area contributed by atoms with E-state index in [4.69, 9.17) is 10.5 Å². The molecule has 2 aromatic rings. The van der Waals surface area contributed by atoms with Crippen molar-refractivity contribution >= 4 is 62.4 Å². The number of nitrogens with zero attached hydrogens (tertiary/aromatic N) is 1. The van der Waals surface area contributed by atoms with Gasteiger partial charge in [-0.3, -0.25) is 24.1 Å². The molecule has 32 heavy (non-hydrogen) atoms.